The third-order valence-corrected chi connectivity index (χ3v) is 3.25. The molecule has 0 bridgehead atoms. The van der Waals surface area contributed by atoms with E-state index in [1.54, 1.807) is 7.11 Å². The van der Waals surface area contributed by atoms with Crippen LogP contribution in [0.5, 0.6) is 0 Å². The molecule has 0 amide bonds. The summed E-state index contributed by atoms with van der Waals surface area (Å²) in [6.07, 6.45) is 1.92. The van der Waals surface area contributed by atoms with Gasteiger partial charge in [0, 0.05) is 13.2 Å². The molecule has 0 aliphatic heterocycles. The van der Waals surface area contributed by atoms with Crippen molar-refractivity contribution in [2.24, 2.45) is 0 Å². The highest BCUT2D eigenvalue weighted by Gasteiger charge is 2.26. The number of hydrogen-bond donors (Lipinski definition) is 1. The molecule has 5 nitrogen and oxygen atoms in total. The molecular weight excluding hydrogens is 206 g/mol. The van der Waals surface area contributed by atoms with E-state index in [9.17, 15) is 8.42 Å². The summed E-state index contributed by atoms with van der Waals surface area (Å²) in [6, 6.07) is 0.180. The molecule has 1 aliphatic rings. The zero-order valence-corrected chi connectivity index (χ0v) is 9.18. The zero-order valence-electron chi connectivity index (χ0n) is 8.36. The van der Waals surface area contributed by atoms with Crippen LogP contribution in [0, 0.1) is 0 Å². The van der Waals surface area contributed by atoms with E-state index in [1.807, 2.05) is 0 Å². The Balaban J connectivity index is 2.03. The molecule has 1 rings (SSSR count). The van der Waals surface area contributed by atoms with Gasteiger partial charge in [0.2, 0.25) is 10.0 Å². The number of hydrogen-bond acceptors (Lipinski definition) is 4. The van der Waals surface area contributed by atoms with Crippen LogP contribution in [-0.4, -0.2) is 47.1 Å². The van der Waals surface area contributed by atoms with E-state index >= 15 is 0 Å². The lowest BCUT2D eigenvalue weighted by Crippen LogP contribution is -2.30. The first-order valence-corrected chi connectivity index (χ1v) is 6.36. The Hall–Kier alpha value is -0.170. The number of sulfonamides is 1. The van der Waals surface area contributed by atoms with Crippen LogP contribution in [0.4, 0.5) is 0 Å². The number of rotatable bonds is 8. The zero-order chi connectivity index (χ0) is 10.4. The summed E-state index contributed by atoms with van der Waals surface area (Å²) in [5.74, 6) is 0.0349. The van der Waals surface area contributed by atoms with Crippen molar-refractivity contribution in [1.29, 1.82) is 0 Å². The summed E-state index contributed by atoms with van der Waals surface area (Å²) in [5.41, 5.74) is 0. The minimum atomic E-state index is -3.12. The fourth-order valence-corrected chi connectivity index (χ4v) is 2.13. The fraction of sp³-hybridized carbons (Fsp3) is 1.00. The van der Waals surface area contributed by atoms with Gasteiger partial charge in [-0.3, -0.25) is 0 Å². The van der Waals surface area contributed by atoms with Crippen LogP contribution in [0.2, 0.25) is 0 Å². The van der Waals surface area contributed by atoms with Crippen molar-refractivity contribution in [2.75, 3.05) is 32.7 Å². The average molecular weight is 223 g/mol. The first-order chi connectivity index (χ1) is 6.64. The molecule has 1 fully saturated rings. The first kappa shape index (κ1) is 11.9. The van der Waals surface area contributed by atoms with Crippen LogP contribution < -0.4 is 4.72 Å². The summed E-state index contributed by atoms with van der Waals surface area (Å²) in [4.78, 5) is 0. The Labute approximate surface area is 84.8 Å². The second-order valence-electron chi connectivity index (χ2n) is 3.32. The third kappa shape index (κ3) is 5.54. The van der Waals surface area contributed by atoms with Gasteiger partial charge >= 0.3 is 0 Å². The molecule has 0 heterocycles. The molecule has 1 aliphatic carbocycles. The smallest absolute Gasteiger partial charge is 0.214 e. The SMILES string of the molecule is COCCOCCS(=O)(=O)NC1CC1. The molecule has 6 heteroatoms. The van der Waals surface area contributed by atoms with Crippen LogP contribution in [0.3, 0.4) is 0 Å². The molecule has 0 aromatic heterocycles. The standard InChI is InChI=1S/C8H17NO4S/c1-12-4-5-13-6-7-14(10,11)9-8-2-3-8/h8-9H,2-7H2,1H3. The summed E-state index contributed by atoms with van der Waals surface area (Å²) >= 11 is 0. The van der Waals surface area contributed by atoms with Gasteiger partial charge in [-0.25, -0.2) is 13.1 Å². The van der Waals surface area contributed by atoms with Crippen LogP contribution in [0.1, 0.15) is 12.8 Å². The third-order valence-electron chi connectivity index (χ3n) is 1.85. The van der Waals surface area contributed by atoms with E-state index in [2.05, 4.69) is 4.72 Å². The minimum absolute atomic E-state index is 0.0349. The maximum Gasteiger partial charge on any atom is 0.214 e. The highest BCUT2D eigenvalue weighted by atomic mass is 32.2. The van der Waals surface area contributed by atoms with Gasteiger partial charge in [-0.1, -0.05) is 0 Å². The van der Waals surface area contributed by atoms with Gasteiger partial charge in [0.15, 0.2) is 0 Å². The summed E-state index contributed by atoms with van der Waals surface area (Å²) in [7, 11) is -1.54. The molecule has 1 saturated carbocycles. The number of methoxy groups -OCH3 is 1. The Kier molecular flexibility index (Phi) is 4.80. The largest absolute Gasteiger partial charge is 0.382 e. The predicted molar refractivity (Wildman–Crippen MR) is 52.6 cm³/mol. The van der Waals surface area contributed by atoms with Crippen LogP contribution in [0.15, 0.2) is 0 Å². The van der Waals surface area contributed by atoms with E-state index in [0.29, 0.717) is 13.2 Å². The molecule has 84 valence electrons. The monoisotopic (exact) mass is 223 g/mol. The van der Waals surface area contributed by atoms with Crippen molar-refractivity contribution in [2.45, 2.75) is 18.9 Å². The average Bonchev–Trinajstić information content (AvgIpc) is 2.87. The molecule has 0 radical (unpaired) electrons. The molecule has 1 N–H and O–H groups in total. The molecule has 0 atom stereocenters. The normalized spacial score (nSPS) is 17.2. The Morgan fingerprint density at radius 2 is 2.00 bits per heavy atom. The van der Waals surface area contributed by atoms with Gasteiger partial charge < -0.3 is 9.47 Å². The van der Waals surface area contributed by atoms with E-state index in [0.717, 1.165) is 12.8 Å². The predicted octanol–water partition coefficient (Wildman–Crippen LogP) is -0.269. The summed E-state index contributed by atoms with van der Waals surface area (Å²) in [5, 5.41) is 0. The quantitative estimate of drug-likeness (QED) is 0.575. The van der Waals surface area contributed by atoms with E-state index < -0.39 is 10.0 Å². The van der Waals surface area contributed by atoms with Crippen LogP contribution in [0.25, 0.3) is 0 Å². The van der Waals surface area contributed by atoms with Gasteiger partial charge in [-0.2, -0.15) is 0 Å². The van der Waals surface area contributed by atoms with Crippen molar-refractivity contribution in [3.05, 3.63) is 0 Å². The van der Waals surface area contributed by atoms with Crippen molar-refractivity contribution >= 4 is 10.0 Å². The lowest BCUT2D eigenvalue weighted by Gasteiger charge is -2.05. The Morgan fingerprint density at radius 1 is 1.29 bits per heavy atom. The number of ether oxygens (including phenoxy) is 2. The van der Waals surface area contributed by atoms with E-state index in [1.165, 1.54) is 0 Å². The fourth-order valence-electron chi connectivity index (χ4n) is 0.927. The summed E-state index contributed by atoms with van der Waals surface area (Å²) in [6.45, 7) is 1.16. The molecule has 0 saturated heterocycles. The van der Waals surface area contributed by atoms with Crippen molar-refractivity contribution in [3.63, 3.8) is 0 Å². The van der Waals surface area contributed by atoms with Gasteiger partial charge in [-0.05, 0) is 12.8 Å². The molecular formula is C8H17NO4S. The van der Waals surface area contributed by atoms with Crippen molar-refractivity contribution in [1.82, 2.24) is 4.72 Å². The van der Waals surface area contributed by atoms with Crippen LogP contribution >= 0.6 is 0 Å². The summed E-state index contributed by atoms with van der Waals surface area (Å²) < 4.78 is 35.0. The maximum atomic E-state index is 11.3. The molecule has 0 aromatic rings. The topological polar surface area (TPSA) is 64.6 Å². The second kappa shape index (κ2) is 5.65. The van der Waals surface area contributed by atoms with Crippen LogP contribution in [-0.2, 0) is 19.5 Å². The molecule has 0 aromatic carbocycles. The Bertz CT molecular complexity index is 248. The number of nitrogens with one attached hydrogen (secondary N) is 1. The second-order valence-corrected chi connectivity index (χ2v) is 5.19. The first-order valence-electron chi connectivity index (χ1n) is 4.71. The lowest BCUT2D eigenvalue weighted by atomic mass is 10.7. The van der Waals surface area contributed by atoms with Gasteiger partial charge in [0.25, 0.3) is 0 Å². The maximum absolute atomic E-state index is 11.3. The van der Waals surface area contributed by atoms with Crippen molar-refractivity contribution < 1.29 is 17.9 Å². The highest BCUT2D eigenvalue weighted by molar-refractivity contribution is 7.89. The van der Waals surface area contributed by atoms with Gasteiger partial charge in [-0.15, -0.1) is 0 Å². The highest BCUT2D eigenvalue weighted by Crippen LogP contribution is 2.19. The molecule has 0 unspecified atom stereocenters. The van der Waals surface area contributed by atoms with Crippen molar-refractivity contribution in [3.8, 4) is 0 Å². The lowest BCUT2D eigenvalue weighted by molar-refractivity contribution is 0.0784. The van der Waals surface area contributed by atoms with Gasteiger partial charge in [0.05, 0.1) is 25.6 Å². The van der Waals surface area contributed by atoms with E-state index in [-0.39, 0.29) is 18.4 Å². The Morgan fingerprint density at radius 3 is 2.57 bits per heavy atom. The molecule has 14 heavy (non-hydrogen) atoms. The van der Waals surface area contributed by atoms with E-state index in [4.69, 9.17) is 9.47 Å². The van der Waals surface area contributed by atoms with Gasteiger partial charge in [0.1, 0.15) is 0 Å². The minimum Gasteiger partial charge on any atom is -0.382 e. The molecule has 0 spiro atoms.